The highest BCUT2D eigenvalue weighted by atomic mass is 35.5. The molecule has 0 aliphatic heterocycles. The Balaban J connectivity index is 1.61. The number of halogens is 1. The zero-order chi connectivity index (χ0) is 20.9. The Bertz CT molecular complexity index is 1120. The number of nitrogens with zero attached hydrogens (tertiary/aromatic N) is 1. The summed E-state index contributed by atoms with van der Waals surface area (Å²) < 4.78 is 17.1. The van der Waals surface area contributed by atoms with Gasteiger partial charge in [-0.2, -0.15) is 0 Å². The third-order valence-electron chi connectivity index (χ3n) is 5.09. The van der Waals surface area contributed by atoms with E-state index in [1.165, 1.54) is 0 Å². The van der Waals surface area contributed by atoms with Gasteiger partial charge in [0.15, 0.2) is 11.5 Å². The lowest BCUT2D eigenvalue weighted by molar-refractivity contribution is 0.189. The second kappa shape index (κ2) is 9.20. The van der Waals surface area contributed by atoms with Gasteiger partial charge in [0.2, 0.25) is 0 Å². The number of aromatic amines is 1. The molecular formula is C24H23ClN2O3. The predicted molar refractivity (Wildman–Crippen MR) is 119 cm³/mol. The lowest BCUT2D eigenvalue weighted by Gasteiger charge is -2.19. The number of ether oxygens (including phenoxy) is 3. The molecule has 1 unspecified atom stereocenters. The second-order valence-electron chi connectivity index (χ2n) is 6.98. The van der Waals surface area contributed by atoms with Crippen molar-refractivity contribution in [3.63, 3.8) is 0 Å². The summed E-state index contributed by atoms with van der Waals surface area (Å²) in [6, 6.07) is 17.6. The van der Waals surface area contributed by atoms with Crippen molar-refractivity contribution in [2.75, 3.05) is 20.8 Å². The largest absolute Gasteiger partial charge is 0.493 e. The monoisotopic (exact) mass is 422 g/mol. The molecule has 0 spiro atoms. The lowest BCUT2D eigenvalue weighted by Crippen LogP contribution is -2.08. The number of H-pyrrole nitrogens is 1. The summed E-state index contributed by atoms with van der Waals surface area (Å²) in [6.45, 7) is 0.971. The maximum atomic E-state index is 5.99. The van der Waals surface area contributed by atoms with Gasteiger partial charge in [-0.1, -0.05) is 29.8 Å². The summed E-state index contributed by atoms with van der Waals surface area (Å²) in [4.78, 5) is 7.64. The van der Waals surface area contributed by atoms with Crippen LogP contribution in [0.5, 0.6) is 11.5 Å². The Morgan fingerprint density at radius 1 is 1.03 bits per heavy atom. The van der Waals surface area contributed by atoms with Crippen molar-refractivity contribution in [1.82, 2.24) is 9.97 Å². The van der Waals surface area contributed by atoms with E-state index in [2.05, 4.69) is 22.1 Å². The first-order valence-corrected chi connectivity index (χ1v) is 10.0. The molecule has 1 atom stereocenters. The molecule has 0 aliphatic carbocycles. The molecule has 0 bridgehead atoms. The van der Waals surface area contributed by atoms with Gasteiger partial charge in [0.25, 0.3) is 0 Å². The van der Waals surface area contributed by atoms with Crippen molar-refractivity contribution in [3.05, 3.63) is 88.7 Å². The molecule has 6 heteroatoms. The molecule has 5 nitrogen and oxygen atoms in total. The molecule has 0 aliphatic rings. The summed E-state index contributed by atoms with van der Waals surface area (Å²) in [5, 5.41) is 1.79. The molecule has 30 heavy (non-hydrogen) atoms. The molecule has 154 valence electrons. The summed E-state index contributed by atoms with van der Waals surface area (Å²) in [5.41, 5.74) is 4.12. The fourth-order valence-electron chi connectivity index (χ4n) is 3.56. The van der Waals surface area contributed by atoms with E-state index in [-0.39, 0.29) is 5.92 Å². The van der Waals surface area contributed by atoms with Crippen molar-refractivity contribution in [2.24, 2.45) is 0 Å². The van der Waals surface area contributed by atoms with E-state index < -0.39 is 0 Å². The average molecular weight is 423 g/mol. The van der Waals surface area contributed by atoms with Crippen LogP contribution in [0, 0.1) is 0 Å². The van der Waals surface area contributed by atoms with Gasteiger partial charge in [-0.05, 0) is 53.1 Å². The first kappa shape index (κ1) is 20.3. The number of hydrogen-bond donors (Lipinski definition) is 1. The van der Waals surface area contributed by atoms with Crippen LogP contribution in [0.2, 0.25) is 5.02 Å². The molecule has 2 aromatic heterocycles. The molecule has 0 fully saturated rings. The summed E-state index contributed by atoms with van der Waals surface area (Å²) in [7, 11) is 3.36. The maximum Gasteiger partial charge on any atom is 0.161 e. The third-order valence-corrected chi connectivity index (χ3v) is 5.34. The number of pyridine rings is 1. The highest BCUT2D eigenvalue weighted by Gasteiger charge is 2.20. The van der Waals surface area contributed by atoms with Gasteiger partial charge in [0.05, 0.1) is 13.7 Å². The first-order chi connectivity index (χ1) is 14.7. The van der Waals surface area contributed by atoms with Crippen molar-refractivity contribution < 1.29 is 14.2 Å². The number of hydrogen-bond acceptors (Lipinski definition) is 4. The molecule has 4 aromatic rings. The minimum atomic E-state index is 0.0344. The Kier molecular flexibility index (Phi) is 6.21. The van der Waals surface area contributed by atoms with Crippen LogP contribution in [0.25, 0.3) is 11.0 Å². The van der Waals surface area contributed by atoms with Crippen molar-refractivity contribution in [2.45, 2.75) is 12.5 Å². The molecule has 2 heterocycles. The SMILES string of the molecule is COCC(c1ccc(OCc2ccc(Cl)cc2)c(OC)c1)c1c[nH]c2ncccc12. The van der Waals surface area contributed by atoms with Crippen molar-refractivity contribution >= 4 is 22.6 Å². The van der Waals surface area contributed by atoms with Crippen LogP contribution in [0.3, 0.4) is 0 Å². The standard InChI is InChI=1S/C24H23ClN2O3/c1-28-15-21(20-13-27-24-19(20)4-3-11-26-24)17-7-10-22(23(12-17)29-2)30-14-16-5-8-18(25)9-6-16/h3-13,21H,14-15H2,1-2H3,(H,26,27). The van der Waals surface area contributed by atoms with Crippen molar-refractivity contribution in [3.8, 4) is 11.5 Å². The molecule has 0 saturated heterocycles. The Morgan fingerprint density at radius 3 is 2.63 bits per heavy atom. The quantitative estimate of drug-likeness (QED) is 0.402. The van der Waals surface area contributed by atoms with E-state index in [9.17, 15) is 0 Å². The maximum absolute atomic E-state index is 5.99. The summed E-state index contributed by atoms with van der Waals surface area (Å²) >= 11 is 5.95. The van der Waals surface area contributed by atoms with Crippen LogP contribution < -0.4 is 9.47 Å². The fourth-order valence-corrected chi connectivity index (χ4v) is 3.69. The zero-order valence-corrected chi connectivity index (χ0v) is 17.6. The normalized spacial score (nSPS) is 12.1. The topological polar surface area (TPSA) is 56.4 Å². The van der Waals surface area contributed by atoms with Crippen LogP contribution in [0.15, 0.2) is 67.0 Å². The van der Waals surface area contributed by atoms with Crippen LogP contribution >= 0.6 is 11.6 Å². The van der Waals surface area contributed by atoms with E-state index >= 15 is 0 Å². The van der Waals surface area contributed by atoms with Crippen LogP contribution in [-0.2, 0) is 11.3 Å². The van der Waals surface area contributed by atoms with E-state index in [4.69, 9.17) is 25.8 Å². The van der Waals surface area contributed by atoms with E-state index in [1.54, 1.807) is 20.4 Å². The average Bonchev–Trinajstić information content (AvgIpc) is 3.21. The highest BCUT2D eigenvalue weighted by Crippen LogP contribution is 2.36. The minimum Gasteiger partial charge on any atom is -0.493 e. The molecule has 1 N–H and O–H groups in total. The smallest absolute Gasteiger partial charge is 0.161 e. The molecule has 0 radical (unpaired) electrons. The third kappa shape index (κ3) is 4.27. The van der Waals surface area contributed by atoms with E-state index in [1.807, 2.05) is 48.7 Å². The van der Waals surface area contributed by atoms with Gasteiger partial charge in [0.1, 0.15) is 12.3 Å². The predicted octanol–water partition coefficient (Wildman–Crippen LogP) is 5.58. The molecule has 0 saturated carbocycles. The van der Waals surface area contributed by atoms with Crippen LogP contribution in [-0.4, -0.2) is 30.8 Å². The van der Waals surface area contributed by atoms with E-state index in [0.717, 1.165) is 27.7 Å². The zero-order valence-electron chi connectivity index (χ0n) is 16.9. The molecule has 4 rings (SSSR count). The van der Waals surface area contributed by atoms with Gasteiger partial charge >= 0.3 is 0 Å². The minimum absolute atomic E-state index is 0.0344. The highest BCUT2D eigenvalue weighted by molar-refractivity contribution is 6.30. The van der Waals surface area contributed by atoms with Gasteiger partial charge in [0, 0.05) is 35.8 Å². The van der Waals surface area contributed by atoms with Crippen molar-refractivity contribution in [1.29, 1.82) is 0 Å². The lowest BCUT2D eigenvalue weighted by atomic mass is 9.92. The number of fused-ring (bicyclic) bond motifs is 1. The number of methoxy groups -OCH3 is 2. The Morgan fingerprint density at radius 2 is 1.87 bits per heavy atom. The van der Waals surface area contributed by atoms with Crippen LogP contribution in [0.1, 0.15) is 22.6 Å². The fraction of sp³-hybridized carbons (Fsp3) is 0.208. The molecule has 0 amide bonds. The number of rotatable bonds is 8. The second-order valence-corrected chi connectivity index (χ2v) is 7.41. The van der Waals surface area contributed by atoms with E-state index in [0.29, 0.717) is 29.7 Å². The van der Waals surface area contributed by atoms with Gasteiger partial charge in [-0.3, -0.25) is 0 Å². The summed E-state index contributed by atoms with van der Waals surface area (Å²) in [6.07, 6.45) is 3.78. The Hall–Kier alpha value is -3.02. The molecular weight excluding hydrogens is 400 g/mol. The Labute approximate surface area is 180 Å². The first-order valence-electron chi connectivity index (χ1n) is 9.65. The van der Waals surface area contributed by atoms with Gasteiger partial charge in [-0.25, -0.2) is 4.98 Å². The summed E-state index contributed by atoms with van der Waals surface area (Å²) in [5.74, 6) is 1.40. The number of nitrogens with one attached hydrogen (secondary N) is 1. The van der Waals surface area contributed by atoms with Gasteiger partial charge in [-0.15, -0.1) is 0 Å². The molecule has 2 aromatic carbocycles. The number of benzene rings is 2. The number of aromatic nitrogens is 2. The van der Waals surface area contributed by atoms with Gasteiger partial charge < -0.3 is 19.2 Å². The van der Waals surface area contributed by atoms with Crippen LogP contribution in [0.4, 0.5) is 0 Å².